The third-order valence-corrected chi connectivity index (χ3v) is 6.78. The largest absolute Gasteiger partial charge is 0.368 e. The van der Waals surface area contributed by atoms with Crippen molar-refractivity contribution < 1.29 is 0 Å². The molecule has 13 heteroatoms. The summed E-state index contributed by atoms with van der Waals surface area (Å²) in [4.78, 5) is 12.8. The van der Waals surface area contributed by atoms with Crippen molar-refractivity contribution in [3.05, 3.63) is 0 Å². The Balaban J connectivity index is 0.000000224. The second-order valence-corrected chi connectivity index (χ2v) is 7.35. The van der Waals surface area contributed by atoms with Gasteiger partial charge in [0.05, 0.1) is 32.3 Å². The first kappa shape index (κ1) is 20.5. The van der Waals surface area contributed by atoms with Gasteiger partial charge >= 0.3 is 0 Å². The molecule has 2 rings (SSSR count). The summed E-state index contributed by atoms with van der Waals surface area (Å²) in [6, 6.07) is 0. The minimum absolute atomic E-state index is 0.0376. The minimum Gasteiger partial charge on any atom is -0.368 e. The Morgan fingerprint density at radius 3 is 1.14 bits per heavy atom. The van der Waals surface area contributed by atoms with Crippen molar-refractivity contribution >= 4 is 99.2 Å². The standard InChI is InChI=1S/C6H6Cl6.C3H5ClN6/c7-1-2(8)4(10)6(12)5(11)3(1)9;4-10-3-8-1(5)7-2(6)9-3/h1-6H;(H5,5,6,7,8,9,10)/t1-,2-,3-,4+,5+,6+;. The highest BCUT2D eigenvalue weighted by molar-refractivity contribution is 6.45. The zero-order valence-electron chi connectivity index (χ0n) is 10.6. The molecule has 0 bridgehead atoms. The molecule has 1 aromatic rings. The maximum atomic E-state index is 5.88. The Morgan fingerprint density at radius 1 is 0.636 bits per heavy atom. The highest BCUT2D eigenvalue weighted by atomic mass is 35.5. The van der Waals surface area contributed by atoms with E-state index >= 15 is 0 Å². The molecule has 0 aliphatic heterocycles. The van der Waals surface area contributed by atoms with Crippen molar-refractivity contribution in [2.75, 3.05) is 16.3 Å². The summed E-state index contributed by atoms with van der Waals surface area (Å²) in [6.45, 7) is 0. The summed E-state index contributed by atoms with van der Waals surface area (Å²) in [6.07, 6.45) is 0. The van der Waals surface area contributed by atoms with Gasteiger partial charge in [-0.2, -0.15) is 15.0 Å². The van der Waals surface area contributed by atoms with E-state index in [2.05, 4.69) is 19.8 Å². The van der Waals surface area contributed by atoms with Gasteiger partial charge in [-0.1, -0.05) is 0 Å². The van der Waals surface area contributed by atoms with E-state index in [-0.39, 0.29) is 17.8 Å². The molecule has 1 aliphatic carbocycles. The van der Waals surface area contributed by atoms with Crippen LogP contribution in [-0.2, 0) is 0 Å². The number of nitrogens with one attached hydrogen (secondary N) is 1. The van der Waals surface area contributed by atoms with Crippen LogP contribution in [0.4, 0.5) is 17.8 Å². The average molecular weight is 451 g/mol. The van der Waals surface area contributed by atoms with Gasteiger partial charge in [0, 0.05) is 11.8 Å². The fraction of sp³-hybridized carbons (Fsp3) is 0.667. The van der Waals surface area contributed by atoms with Gasteiger partial charge in [-0.05, 0) is 0 Å². The van der Waals surface area contributed by atoms with Crippen LogP contribution in [0.25, 0.3) is 0 Å². The Morgan fingerprint density at radius 2 is 0.909 bits per heavy atom. The van der Waals surface area contributed by atoms with Crippen LogP contribution < -0.4 is 16.3 Å². The molecule has 0 amide bonds. The zero-order valence-corrected chi connectivity index (χ0v) is 15.9. The van der Waals surface area contributed by atoms with E-state index in [1.54, 1.807) is 0 Å². The molecule has 0 spiro atoms. The third kappa shape index (κ3) is 5.23. The van der Waals surface area contributed by atoms with Crippen molar-refractivity contribution in [2.24, 2.45) is 0 Å². The normalized spacial score (nSPS) is 34.5. The van der Waals surface area contributed by atoms with Crippen LogP contribution in [0.5, 0.6) is 0 Å². The van der Waals surface area contributed by atoms with Gasteiger partial charge in [-0.15, -0.1) is 69.6 Å². The zero-order chi connectivity index (χ0) is 17.0. The fourth-order valence-corrected chi connectivity index (χ4v) is 3.92. The van der Waals surface area contributed by atoms with E-state index in [1.165, 1.54) is 0 Å². The summed E-state index contributed by atoms with van der Waals surface area (Å²) in [5, 5.41) is -2.62. The van der Waals surface area contributed by atoms with E-state index < -0.39 is 32.3 Å². The molecular weight excluding hydrogens is 440 g/mol. The molecule has 126 valence electrons. The number of alkyl halides is 6. The monoisotopic (exact) mass is 448 g/mol. The number of nitrogens with two attached hydrogens (primary N) is 2. The van der Waals surface area contributed by atoms with Crippen LogP contribution in [0.15, 0.2) is 0 Å². The minimum atomic E-state index is -0.437. The van der Waals surface area contributed by atoms with Gasteiger partial charge in [0.25, 0.3) is 0 Å². The summed E-state index contributed by atoms with van der Waals surface area (Å²) < 4.78 is 0. The van der Waals surface area contributed by atoms with Gasteiger partial charge in [0.15, 0.2) is 0 Å². The first-order valence-electron chi connectivity index (χ1n) is 5.67. The van der Waals surface area contributed by atoms with E-state index in [0.717, 1.165) is 0 Å². The van der Waals surface area contributed by atoms with Crippen LogP contribution in [0.3, 0.4) is 0 Å². The molecule has 1 fully saturated rings. The SMILES string of the molecule is Cl[C@H]1[C@H](Cl)[C@@H](Cl)[C@@H](Cl)[C@H](Cl)[C@H]1Cl.Nc1nc(N)nc(NCl)n1. The van der Waals surface area contributed by atoms with E-state index in [4.69, 9.17) is 92.8 Å². The molecule has 1 aromatic heterocycles. The smallest absolute Gasteiger partial charge is 0.244 e. The van der Waals surface area contributed by atoms with Crippen molar-refractivity contribution in [1.29, 1.82) is 0 Å². The molecule has 1 heterocycles. The van der Waals surface area contributed by atoms with E-state index in [0.29, 0.717) is 0 Å². The molecule has 6 nitrogen and oxygen atoms in total. The Labute approximate surface area is 162 Å². The number of hydrogen-bond donors (Lipinski definition) is 3. The summed E-state index contributed by atoms with van der Waals surface area (Å²) >= 11 is 40.4. The van der Waals surface area contributed by atoms with Gasteiger partial charge < -0.3 is 11.5 Å². The molecule has 0 atom stereocenters. The second kappa shape index (κ2) is 9.06. The van der Waals surface area contributed by atoms with Crippen LogP contribution in [0, 0.1) is 0 Å². The van der Waals surface area contributed by atoms with Crippen LogP contribution in [0.1, 0.15) is 0 Å². The Bertz CT molecular complexity index is 415. The lowest BCUT2D eigenvalue weighted by Crippen LogP contribution is -2.52. The molecule has 0 saturated heterocycles. The van der Waals surface area contributed by atoms with Gasteiger partial charge in [0.2, 0.25) is 17.8 Å². The van der Waals surface area contributed by atoms with Crippen LogP contribution in [-0.4, -0.2) is 47.2 Å². The molecule has 22 heavy (non-hydrogen) atoms. The number of halogens is 7. The van der Waals surface area contributed by atoms with Crippen LogP contribution in [0.2, 0.25) is 0 Å². The number of nitrogen functional groups attached to an aromatic ring is 2. The third-order valence-electron chi connectivity index (χ3n) is 2.58. The maximum absolute atomic E-state index is 5.88. The van der Waals surface area contributed by atoms with Crippen molar-refractivity contribution in [2.45, 2.75) is 32.3 Å². The summed E-state index contributed by atoms with van der Waals surface area (Å²) in [5.41, 5.74) is 10.4. The van der Waals surface area contributed by atoms with Gasteiger partial charge in [0.1, 0.15) is 0 Å². The average Bonchev–Trinajstić information content (AvgIpc) is 2.48. The Hall–Kier alpha value is 0.440. The number of hydrogen-bond acceptors (Lipinski definition) is 6. The first-order chi connectivity index (χ1) is 10.2. The number of anilines is 3. The lowest BCUT2D eigenvalue weighted by molar-refractivity contribution is 0.544. The number of rotatable bonds is 1. The van der Waals surface area contributed by atoms with Gasteiger partial charge in [-0.25, -0.2) is 0 Å². The van der Waals surface area contributed by atoms with E-state index in [9.17, 15) is 0 Å². The first-order valence-corrected chi connectivity index (χ1v) is 8.66. The van der Waals surface area contributed by atoms with Crippen molar-refractivity contribution in [3.8, 4) is 0 Å². The molecule has 1 saturated carbocycles. The van der Waals surface area contributed by atoms with Crippen LogP contribution >= 0.6 is 81.4 Å². The van der Waals surface area contributed by atoms with Crippen molar-refractivity contribution in [3.63, 3.8) is 0 Å². The predicted molar refractivity (Wildman–Crippen MR) is 96.0 cm³/mol. The quantitative estimate of drug-likeness (QED) is 0.448. The predicted octanol–water partition coefficient (Wildman–Crippen LogP) is 3.25. The number of aromatic nitrogens is 3. The van der Waals surface area contributed by atoms with E-state index in [1.807, 2.05) is 0 Å². The fourth-order valence-electron chi connectivity index (χ4n) is 1.51. The molecule has 0 aromatic carbocycles. The lowest BCUT2D eigenvalue weighted by Gasteiger charge is -2.37. The maximum Gasteiger partial charge on any atom is 0.244 e. The molecular formula is C9H11Cl7N6. The molecule has 0 radical (unpaired) electrons. The number of nitrogens with zero attached hydrogens (tertiary/aromatic N) is 3. The topological polar surface area (TPSA) is 103 Å². The molecule has 0 unspecified atom stereocenters. The highest BCUT2D eigenvalue weighted by Crippen LogP contribution is 2.39. The van der Waals surface area contributed by atoms with Crippen molar-refractivity contribution in [1.82, 2.24) is 15.0 Å². The van der Waals surface area contributed by atoms with Gasteiger partial charge in [-0.3, -0.25) is 4.84 Å². The second-order valence-electron chi connectivity index (χ2n) is 4.14. The Kier molecular flexibility index (Phi) is 8.44. The molecule has 1 aliphatic rings. The summed E-state index contributed by atoms with van der Waals surface area (Å²) in [7, 11) is 0. The lowest BCUT2D eigenvalue weighted by atomic mass is 9.97. The summed E-state index contributed by atoms with van der Waals surface area (Å²) in [5.74, 6) is 0.220. The highest BCUT2D eigenvalue weighted by Gasteiger charge is 2.46. The molecule has 5 N–H and O–H groups in total.